The Hall–Kier alpha value is -2.16. The van der Waals surface area contributed by atoms with Crippen LogP contribution in [0, 0.1) is 0 Å². The van der Waals surface area contributed by atoms with Crippen molar-refractivity contribution in [1.82, 2.24) is 0 Å². The summed E-state index contributed by atoms with van der Waals surface area (Å²) in [6.45, 7) is 0. The van der Waals surface area contributed by atoms with E-state index in [9.17, 15) is 0 Å². The van der Waals surface area contributed by atoms with Gasteiger partial charge in [-0.05, 0) is 24.3 Å². The van der Waals surface area contributed by atoms with Crippen molar-refractivity contribution in [3.63, 3.8) is 0 Å². The summed E-state index contributed by atoms with van der Waals surface area (Å²) in [4.78, 5) is 0. The Balaban J connectivity index is 2.12. The van der Waals surface area contributed by atoms with Gasteiger partial charge in [0.15, 0.2) is 0 Å². The molecule has 0 saturated heterocycles. The van der Waals surface area contributed by atoms with E-state index in [4.69, 9.17) is 4.74 Å². The largest absolute Gasteiger partial charge is 0.494 e. The average Bonchev–Trinajstić information content (AvgIpc) is 2.35. The molecule has 0 saturated carbocycles. The normalized spacial score (nSPS) is 11.8. The Labute approximate surface area is 94.1 Å². The van der Waals surface area contributed by atoms with E-state index in [-0.39, 0.29) is 0 Å². The van der Waals surface area contributed by atoms with Gasteiger partial charge < -0.3 is 15.4 Å². The molecule has 0 atom stereocenters. The molecule has 0 spiro atoms. The maximum absolute atomic E-state index is 5.33. The van der Waals surface area contributed by atoms with Gasteiger partial charge in [0.2, 0.25) is 0 Å². The summed E-state index contributed by atoms with van der Waals surface area (Å²) in [7, 11) is 1.68. The highest BCUT2D eigenvalue weighted by Gasteiger charge is 2.16. The molecule has 2 N–H and O–H groups in total. The highest BCUT2D eigenvalue weighted by Crippen LogP contribution is 2.42. The number of anilines is 4. The minimum atomic E-state index is 0.847. The first-order valence-corrected chi connectivity index (χ1v) is 5.18. The van der Waals surface area contributed by atoms with Crippen LogP contribution in [-0.2, 0) is 0 Å². The van der Waals surface area contributed by atoms with E-state index < -0.39 is 0 Å². The zero-order chi connectivity index (χ0) is 11.0. The molecule has 1 aliphatic rings. The standard InChI is InChI=1S/C13H12N2O/c1-16-12-8-4-7-11-13(12)15-10-6-3-2-5-9(10)14-11/h2-8,14-15H,1H3. The van der Waals surface area contributed by atoms with Crippen molar-refractivity contribution in [1.29, 1.82) is 0 Å². The number of benzene rings is 2. The quantitative estimate of drug-likeness (QED) is 0.647. The predicted molar refractivity (Wildman–Crippen MR) is 66.0 cm³/mol. The van der Waals surface area contributed by atoms with Crippen LogP contribution in [0.2, 0.25) is 0 Å². The average molecular weight is 212 g/mol. The van der Waals surface area contributed by atoms with Gasteiger partial charge in [-0.15, -0.1) is 0 Å². The number of hydrogen-bond donors (Lipinski definition) is 2. The summed E-state index contributed by atoms with van der Waals surface area (Å²) in [6.07, 6.45) is 0. The molecule has 3 rings (SSSR count). The van der Waals surface area contributed by atoms with Gasteiger partial charge in [-0.2, -0.15) is 0 Å². The topological polar surface area (TPSA) is 33.3 Å². The lowest BCUT2D eigenvalue weighted by Gasteiger charge is -2.24. The third kappa shape index (κ3) is 1.29. The van der Waals surface area contributed by atoms with E-state index >= 15 is 0 Å². The molecule has 3 nitrogen and oxygen atoms in total. The molecule has 0 fully saturated rings. The second kappa shape index (κ2) is 3.45. The lowest BCUT2D eigenvalue weighted by molar-refractivity contribution is 0.417. The van der Waals surface area contributed by atoms with E-state index in [1.165, 1.54) is 0 Å². The fourth-order valence-electron chi connectivity index (χ4n) is 1.92. The van der Waals surface area contributed by atoms with E-state index in [1.54, 1.807) is 7.11 Å². The van der Waals surface area contributed by atoms with E-state index in [0.29, 0.717) is 0 Å². The molecule has 2 aromatic rings. The minimum absolute atomic E-state index is 0.847. The summed E-state index contributed by atoms with van der Waals surface area (Å²) in [5, 5.41) is 6.75. The molecule has 3 heteroatoms. The highest BCUT2D eigenvalue weighted by atomic mass is 16.5. The summed E-state index contributed by atoms with van der Waals surface area (Å²) in [6, 6.07) is 14.1. The van der Waals surface area contributed by atoms with Crippen LogP contribution >= 0.6 is 0 Å². The molecular formula is C13H12N2O. The van der Waals surface area contributed by atoms with Crippen LogP contribution in [0.15, 0.2) is 42.5 Å². The second-order valence-corrected chi connectivity index (χ2v) is 3.68. The predicted octanol–water partition coefficient (Wildman–Crippen LogP) is 3.50. The van der Waals surface area contributed by atoms with Gasteiger partial charge in [-0.25, -0.2) is 0 Å². The first-order chi connectivity index (χ1) is 7.88. The maximum atomic E-state index is 5.33. The number of fused-ring (bicyclic) bond motifs is 2. The number of hydrogen-bond acceptors (Lipinski definition) is 3. The number of para-hydroxylation sites is 3. The molecule has 1 heterocycles. The Morgan fingerprint density at radius 1 is 0.812 bits per heavy atom. The molecule has 16 heavy (non-hydrogen) atoms. The fourth-order valence-corrected chi connectivity index (χ4v) is 1.92. The molecular weight excluding hydrogens is 200 g/mol. The molecule has 0 aromatic heterocycles. The maximum Gasteiger partial charge on any atom is 0.144 e. The summed E-state index contributed by atoms with van der Waals surface area (Å²) >= 11 is 0. The molecule has 1 aliphatic heterocycles. The fraction of sp³-hybridized carbons (Fsp3) is 0.0769. The molecule has 0 amide bonds. The van der Waals surface area contributed by atoms with Gasteiger partial charge in [0.25, 0.3) is 0 Å². The van der Waals surface area contributed by atoms with Crippen molar-refractivity contribution in [2.45, 2.75) is 0 Å². The lowest BCUT2D eigenvalue weighted by atomic mass is 10.1. The Bertz CT molecular complexity index is 537. The van der Waals surface area contributed by atoms with E-state index in [1.807, 2.05) is 42.5 Å². The molecule has 80 valence electrons. The molecule has 0 aliphatic carbocycles. The summed E-state index contributed by atoms with van der Waals surface area (Å²) in [5.74, 6) is 0.847. The Morgan fingerprint density at radius 2 is 1.50 bits per heavy atom. The number of ether oxygens (including phenoxy) is 1. The zero-order valence-corrected chi connectivity index (χ0v) is 8.95. The Morgan fingerprint density at radius 3 is 2.25 bits per heavy atom. The van der Waals surface area contributed by atoms with Crippen molar-refractivity contribution in [2.24, 2.45) is 0 Å². The smallest absolute Gasteiger partial charge is 0.144 e. The Kier molecular flexibility index (Phi) is 1.96. The van der Waals surface area contributed by atoms with Gasteiger partial charge in [0, 0.05) is 0 Å². The highest BCUT2D eigenvalue weighted by molar-refractivity contribution is 5.92. The van der Waals surface area contributed by atoms with Crippen molar-refractivity contribution >= 4 is 22.7 Å². The second-order valence-electron chi connectivity index (χ2n) is 3.68. The summed E-state index contributed by atoms with van der Waals surface area (Å²) < 4.78 is 5.33. The molecule has 0 bridgehead atoms. The van der Waals surface area contributed by atoms with Crippen LogP contribution in [0.5, 0.6) is 5.75 Å². The van der Waals surface area contributed by atoms with Crippen LogP contribution < -0.4 is 15.4 Å². The van der Waals surface area contributed by atoms with Crippen molar-refractivity contribution in [2.75, 3.05) is 17.7 Å². The van der Waals surface area contributed by atoms with Crippen LogP contribution in [0.25, 0.3) is 0 Å². The number of rotatable bonds is 1. The van der Waals surface area contributed by atoms with Gasteiger partial charge in [0.1, 0.15) is 11.4 Å². The first-order valence-electron chi connectivity index (χ1n) is 5.18. The van der Waals surface area contributed by atoms with Gasteiger partial charge in [0.05, 0.1) is 24.2 Å². The monoisotopic (exact) mass is 212 g/mol. The van der Waals surface area contributed by atoms with Crippen molar-refractivity contribution in [3.8, 4) is 5.75 Å². The number of methoxy groups -OCH3 is 1. The third-order valence-electron chi connectivity index (χ3n) is 2.70. The number of nitrogens with one attached hydrogen (secondary N) is 2. The zero-order valence-electron chi connectivity index (χ0n) is 8.95. The van der Waals surface area contributed by atoms with Crippen molar-refractivity contribution < 1.29 is 4.74 Å². The van der Waals surface area contributed by atoms with Gasteiger partial charge >= 0.3 is 0 Å². The lowest BCUT2D eigenvalue weighted by Crippen LogP contribution is -2.07. The molecule has 2 aromatic carbocycles. The van der Waals surface area contributed by atoms with Gasteiger partial charge in [-0.3, -0.25) is 0 Å². The van der Waals surface area contributed by atoms with Crippen LogP contribution in [0.1, 0.15) is 0 Å². The van der Waals surface area contributed by atoms with E-state index in [0.717, 1.165) is 28.5 Å². The third-order valence-corrected chi connectivity index (χ3v) is 2.70. The van der Waals surface area contributed by atoms with Crippen molar-refractivity contribution in [3.05, 3.63) is 42.5 Å². The minimum Gasteiger partial charge on any atom is -0.494 e. The SMILES string of the molecule is COc1cccc2c1Nc1ccccc1N2. The molecule has 0 radical (unpaired) electrons. The van der Waals surface area contributed by atoms with Crippen LogP contribution in [0.4, 0.5) is 22.7 Å². The van der Waals surface area contributed by atoms with Crippen LogP contribution in [0.3, 0.4) is 0 Å². The molecule has 0 unspecified atom stereocenters. The first kappa shape index (κ1) is 9.09. The van der Waals surface area contributed by atoms with Gasteiger partial charge in [-0.1, -0.05) is 18.2 Å². The van der Waals surface area contributed by atoms with E-state index in [2.05, 4.69) is 10.6 Å². The van der Waals surface area contributed by atoms with Crippen LogP contribution in [-0.4, -0.2) is 7.11 Å². The summed E-state index contributed by atoms with van der Waals surface area (Å²) in [5.41, 5.74) is 4.18.